The molecular formula is C18H17N3O3S. The second-order valence-electron chi connectivity index (χ2n) is 6.21. The number of hydrogen-bond acceptors (Lipinski definition) is 4. The van der Waals surface area contributed by atoms with E-state index in [0.29, 0.717) is 12.2 Å². The Labute approximate surface area is 145 Å². The minimum atomic E-state index is -3.17. The molecule has 1 fully saturated rings. The molecule has 0 radical (unpaired) electrons. The first-order valence-electron chi connectivity index (χ1n) is 8.09. The molecule has 0 bridgehead atoms. The van der Waals surface area contributed by atoms with Gasteiger partial charge in [0.25, 0.3) is 0 Å². The highest BCUT2D eigenvalue weighted by atomic mass is 32.2. The molecule has 6 nitrogen and oxygen atoms in total. The molecule has 2 heterocycles. The molecule has 3 aromatic rings. The summed E-state index contributed by atoms with van der Waals surface area (Å²) >= 11 is 0. The lowest BCUT2D eigenvalue weighted by Crippen LogP contribution is -2.26. The van der Waals surface area contributed by atoms with Gasteiger partial charge in [-0.2, -0.15) is 0 Å². The largest absolute Gasteiger partial charge is 0.307 e. The van der Waals surface area contributed by atoms with Gasteiger partial charge in [-0.1, -0.05) is 24.3 Å². The van der Waals surface area contributed by atoms with Crippen LogP contribution in [0.25, 0.3) is 22.2 Å². The fourth-order valence-electron chi connectivity index (χ4n) is 2.79. The van der Waals surface area contributed by atoms with Crippen LogP contribution in [0.3, 0.4) is 0 Å². The van der Waals surface area contributed by atoms with Crippen molar-refractivity contribution in [2.24, 2.45) is 0 Å². The average Bonchev–Trinajstić information content (AvgIpc) is 3.45. The van der Waals surface area contributed by atoms with Crippen LogP contribution in [0.15, 0.2) is 53.5 Å². The Bertz CT molecular complexity index is 1080. The van der Waals surface area contributed by atoms with Crippen LogP contribution < -0.4 is 10.3 Å². The van der Waals surface area contributed by atoms with Gasteiger partial charge in [-0.25, -0.2) is 18.1 Å². The lowest BCUT2D eigenvalue weighted by atomic mass is 10.0. The number of H-pyrrole nitrogens is 1. The molecule has 1 aliphatic carbocycles. The van der Waals surface area contributed by atoms with Crippen LogP contribution in [0, 0.1) is 0 Å². The van der Waals surface area contributed by atoms with Gasteiger partial charge in [0.15, 0.2) is 0 Å². The van der Waals surface area contributed by atoms with Crippen molar-refractivity contribution in [1.82, 2.24) is 14.7 Å². The zero-order chi connectivity index (χ0) is 17.4. The number of benzene rings is 1. The minimum Gasteiger partial charge on any atom is -0.307 e. The van der Waals surface area contributed by atoms with Crippen molar-refractivity contribution in [1.29, 1.82) is 0 Å². The summed E-state index contributed by atoms with van der Waals surface area (Å²) < 4.78 is 26.4. The number of nitrogens with one attached hydrogen (secondary N) is 2. The summed E-state index contributed by atoms with van der Waals surface area (Å²) in [6.45, 7) is 0.295. The summed E-state index contributed by atoms with van der Waals surface area (Å²) in [6.07, 6.45) is 3.17. The van der Waals surface area contributed by atoms with E-state index in [9.17, 15) is 13.2 Å². The van der Waals surface area contributed by atoms with Gasteiger partial charge < -0.3 is 4.98 Å². The SMILES string of the molecule is O=c1ccc2c(-c3ccc(CNS(=O)(=O)C4CC4)cc3)ccnc2[nH]1. The molecule has 0 atom stereocenters. The predicted octanol–water partition coefficient (Wildman–Crippen LogP) is 2.17. The van der Waals surface area contributed by atoms with E-state index >= 15 is 0 Å². The molecule has 0 unspecified atom stereocenters. The molecule has 2 N–H and O–H groups in total. The van der Waals surface area contributed by atoms with Gasteiger partial charge in [0.1, 0.15) is 5.65 Å². The Morgan fingerprint density at radius 3 is 2.56 bits per heavy atom. The molecule has 0 aliphatic heterocycles. The lowest BCUT2D eigenvalue weighted by molar-refractivity contribution is 0.580. The van der Waals surface area contributed by atoms with Crippen LogP contribution in [-0.2, 0) is 16.6 Å². The van der Waals surface area contributed by atoms with Crippen molar-refractivity contribution in [2.45, 2.75) is 24.6 Å². The first-order chi connectivity index (χ1) is 12.0. The van der Waals surface area contributed by atoms with Gasteiger partial charge in [-0.3, -0.25) is 4.79 Å². The molecule has 0 spiro atoms. The van der Waals surface area contributed by atoms with Crippen LogP contribution in [0.4, 0.5) is 0 Å². The van der Waals surface area contributed by atoms with E-state index in [-0.39, 0.29) is 10.8 Å². The van der Waals surface area contributed by atoms with Gasteiger partial charge >= 0.3 is 0 Å². The zero-order valence-corrected chi connectivity index (χ0v) is 14.2. The van der Waals surface area contributed by atoms with E-state index in [0.717, 1.165) is 34.9 Å². The van der Waals surface area contributed by atoms with E-state index in [4.69, 9.17) is 0 Å². The normalized spacial score (nSPS) is 14.7. The van der Waals surface area contributed by atoms with E-state index < -0.39 is 10.0 Å². The molecule has 2 aromatic heterocycles. The Morgan fingerprint density at radius 1 is 1.08 bits per heavy atom. The van der Waals surface area contributed by atoms with E-state index in [1.165, 1.54) is 6.07 Å². The Hall–Kier alpha value is -2.51. The predicted molar refractivity (Wildman–Crippen MR) is 96.6 cm³/mol. The first-order valence-corrected chi connectivity index (χ1v) is 9.63. The van der Waals surface area contributed by atoms with Crippen molar-refractivity contribution < 1.29 is 8.42 Å². The number of rotatable bonds is 5. The van der Waals surface area contributed by atoms with E-state index in [1.54, 1.807) is 12.3 Å². The molecule has 1 aromatic carbocycles. The van der Waals surface area contributed by atoms with E-state index in [1.807, 2.05) is 30.3 Å². The van der Waals surface area contributed by atoms with Crippen molar-refractivity contribution in [3.63, 3.8) is 0 Å². The lowest BCUT2D eigenvalue weighted by Gasteiger charge is -2.08. The third-order valence-corrected chi connectivity index (χ3v) is 6.23. The number of aromatic amines is 1. The highest BCUT2D eigenvalue weighted by Crippen LogP contribution is 2.28. The van der Waals surface area contributed by atoms with Crippen LogP contribution in [0.1, 0.15) is 18.4 Å². The molecule has 0 amide bonds. The third-order valence-electron chi connectivity index (χ3n) is 4.34. The summed E-state index contributed by atoms with van der Waals surface area (Å²) in [4.78, 5) is 18.3. The Morgan fingerprint density at radius 2 is 1.84 bits per heavy atom. The second-order valence-corrected chi connectivity index (χ2v) is 8.25. The molecule has 1 saturated carbocycles. The molecule has 1 aliphatic rings. The van der Waals surface area contributed by atoms with Gasteiger partial charge in [-0.15, -0.1) is 0 Å². The highest BCUT2D eigenvalue weighted by molar-refractivity contribution is 7.90. The number of sulfonamides is 1. The number of aromatic nitrogens is 2. The molecular weight excluding hydrogens is 338 g/mol. The summed E-state index contributed by atoms with van der Waals surface area (Å²) in [6, 6.07) is 12.8. The van der Waals surface area contributed by atoms with Gasteiger partial charge in [0.2, 0.25) is 15.6 Å². The monoisotopic (exact) mass is 355 g/mol. The number of hydrogen-bond donors (Lipinski definition) is 2. The summed E-state index contributed by atoms with van der Waals surface area (Å²) in [7, 11) is -3.17. The van der Waals surface area contributed by atoms with Crippen LogP contribution in [-0.4, -0.2) is 23.6 Å². The standard InChI is InChI=1S/C18H17N3O3S/c22-17-8-7-16-15(9-10-19-18(16)21-17)13-3-1-12(2-4-13)11-20-25(23,24)14-5-6-14/h1-4,7-10,14,20H,5-6,11H2,(H,19,21,22). The van der Waals surface area contributed by atoms with Crippen LogP contribution in [0.2, 0.25) is 0 Å². The van der Waals surface area contributed by atoms with Crippen molar-refractivity contribution in [3.05, 3.63) is 64.6 Å². The first kappa shape index (κ1) is 16.0. The Balaban J connectivity index is 1.59. The fraction of sp³-hybridized carbons (Fsp3) is 0.222. The maximum absolute atomic E-state index is 11.9. The number of nitrogens with zero attached hydrogens (tertiary/aromatic N) is 1. The maximum atomic E-state index is 11.9. The second kappa shape index (κ2) is 6.09. The molecule has 128 valence electrons. The van der Waals surface area contributed by atoms with Gasteiger partial charge in [-0.05, 0) is 41.7 Å². The average molecular weight is 355 g/mol. The van der Waals surface area contributed by atoms with Crippen molar-refractivity contribution in [3.8, 4) is 11.1 Å². The minimum absolute atomic E-state index is 0.185. The number of pyridine rings is 2. The van der Waals surface area contributed by atoms with Crippen molar-refractivity contribution in [2.75, 3.05) is 0 Å². The topological polar surface area (TPSA) is 91.9 Å². The van der Waals surface area contributed by atoms with Crippen LogP contribution >= 0.6 is 0 Å². The summed E-state index contributed by atoms with van der Waals surface area (Å²) in [5.41, 5.74) is 3.21. The molecule has 0 saturated heterocycles. The number of fused-ring (bicyclic) bond motifs is 1. The quantitative estimate of drug-likeness (QED) is 0.734. The van der Waals surface area contributed by atoms with E-state index in [2.05, 4.69) is 14.7 Å². The zero-order valence-electron chi connectivity index (χ0n) is 13.4. The molecule has 25 heavy (non-hydrogen) atoms. The maximum Gasteiger partial charge on any atom is 0.249 e. The summed E-state index contributed by atoms with van der Waals surface area (Å²) in [5.74, 6) is 0. The van der Waals surface area contributed by atoms with Gasteiger partial charge in [0.05, 0.1) is 5.25 Å². The summed E-state index contributed by atoms with van der Waals surface area (Å²) in [5, 5.41) is 0.654. The van der Waals surface area contributed by atoms with Gasteiger partial charge in [0, 0.05) is 24.2 Å². The third kappa shape index (κ3) is 3.33. The highest BCUT2D eigenvalue weighted by Gasteiger charge is 2.35. The molecule has 7 heteroatoms. The Kier molecular flexibility index (Phi) is 3.89. The van der Waals surface area contributed by atoms with Crippen molar-refractivity contribution >= 4 is 21.1 Å². The molecule has 4 rings (SSSR count). The smallest absolute Gasteiger partial charge is 0.249 e. The fourth-order valence-corrected chi connectivity index (χ4v) is 4.15. The van der Waals surface area contributed by atoms with Crippen LogP contribution in [0.5, 0.6) is 0 Å².